The first-order chi connectivity index (χ1) is 7.61. The number of carboxylic acid groups (broad SMARTS) is 1. The molecule has 0 amide bonds. The second-order valence-electron chi connectivity index (χ2n) is 3.23. The van der Waals surface area contributed by atoms with Gasteiger partial charge in [-0.05, 0) is 22.0 Å². The molecule has 2 N–H and O–H groups in total. The van der Waals surface area contributed by atoms with Crippen LogP contribution in [-0.2, 0) is 4.79 Å². The fourth-order valence-electron chi connectivity index (χ4n) is 1.44. The van der Waals surface area contributed by atoms with Gasteiger partial charge in [0, 0.05) is 5.56 Å². The van der Waals surface area contributed by atoms with E-state index >= 15 is 0 Å². The number of rotatable bonds is 2. The van der Waals surface area contributed by atoms with Gasteiger partial charge in [0.2, 0.25) is 0 Å². The minimum Gasteiger partial charge on any atom is -0.486 e. The molecule has 0 spiro atoms. The number of carbonyl (C=O) groups is 1. The Labute approximate surface area is 99.7 Å². The molecule has 1 aliphatic rings. The summed E-state index contributed by atoms with van der Waals surface area (Å²) in [6, 6.07) is 3.08. The van der Waals surface area contributed by atoms with Gasteiger partial charge in [0.25, 0.3) is 0 Å². The number of benzene rings is 1. The summed E-state index contributed by atoms with van der Waals surface area (Å²) in [5.41, 5.74) is 0.247. The Kier molecular flexibility index (Phi) is 3.02. The smallest absolute Gasteiger partial charge is 0.337 e. The van der Waals surface area contributed by atoms with Gasteiger partial charge in [-0.15, -0.1) is 0 Å². The molecule has 5 nitrogen and oxygen atoms in total. The van der Waals surface area contributed by atoms with Gasteiger partial charge in [-0.25, -0.2) is 4.79 Å². The van der Waals surface area contributed by atoms with Gasteiger partial charge in [-0.2, -0.15) is 0 Å². The van der Waals surface area contributed by atoms with Gasteiger partial charge < -0.3 is 19.7 Å². The predicted molar refractivity (Wildman–Crippen MR) is 57.7 cm³/mol. The molecule has 86 valence electrons. The summed E-state index contributed by atoms with van der Waals surface area (Å²) in [5.74, 6) is -0.333. The number of hydrogen-bond donors (Lipinski definition) is 2. The highest BCUT2D eigenvalue weighted by molar-refractivity contribution is 9.10. The van der Waals surface area contributed by atoms with Crippen LogP contribution in [0, 0.1) is 0 Å². The van der Waals surface area contributed by atoms with Crippen LogP contribution in [0.25, 0.3) is 0 Å². The Morgan fingerprint density at radius 2 is 2.06 bits per heavy atom. The third-order valence-electron chi connectivity index (χ3n) is 2.21. The molecule has 0 radical (unpaired) electrons. The van der Waals surface area contributed by atoms with Gasteiger partial charge in [-0.1, -0.05) is 6.07 Å². The largest absolute Gasteiger partial charge is 0.486 e. The van der Waals surface area contributed by atoms with Crippen molar-refractivity contribution in [3.63, 3.8) is 0 Å². The van der Waals surface area contributed by atoms with E-state index in [4.69, 9.17) is 14.6 Å². The third-order valence-corrected chi connectivity index (χ3v) is 3.02. The van der Waals surface area contributed by atoms with Crippen molar-refractivity contribution in [2.24, 2.45) is 0 Å². The van der Waals surface area contributed by atoms with E-state index < -0.39 is 12.1 Å². The lowest BCUT2D eigenvalue weighted by Crippen LogP contribution is -2.17. The lowest BCUT2D eigenvalue weighted by Gasteiger charge is -2.21. The van der Waals surface area contributed by atoms with Gasteiger partial charge >= 0.3 is 5.97 Å². The van der Waals surface area contributed by atoms with Crippen molar-refractivity contribution in [3.8, 4) is 11.5 Å². The van der Waals surface area contributed by atoms with E-state index in [2.05, 4.69) is 15.9 Å². The second kappa shape index (κ2) is 4.31. The van der Waals surface area contributed by atoms with E-state index in [1.807, 2.05) is 0 Å². The van der Waals surface area contributed by atoms with Gasteiger partial charge in [0.05, 0.1) is 4.47 Å². The molecule has 1 aromatic rings. The standard InChI is InChI=1S/C10H9BrO5/c11-7-5(8(12)10(13)14)1-2-6-9(7)16-4-3-15-6/h1-2,8,12H,3-4H2,(H,13,14). The van der Waals surface area contributed by atoms with Crippen LogP contribution in [0.5, 0.6) is 11.5 Å². The van der Waals surface area contributed by atoms with E-state index in [0.717, 1.165) is 0 Å². The number of halogens is 1. The van der Waals surface area contributed by atoms with Crippen molar-refractivity contribution < 1.29 is 24.5 Å². The second-order valence-corrected chi connectivity index (χ2v) is 4.03. The topological polar surface area (TPSA) is 76.0 Å². The lowest BCUT2D eigenvalue weighted by molar-refractivity contribution is -0.147. The predicted octanol–water partition coefficient (Wildman–Crippen LogP) is 1.34. The van der Waals surface area contributed by atoms with Gasteiger partial charge in [-0.3, -0.25) is 0 Å². The van der Waals surface area contributed by atoms with Crippen LogP contribution < -0.4 is 9.47 Å². The van der Waals surface area contributed by atoms with Crippen LogP contribution in [0.3, 0.4) is 0 Å². The number of fused-ring (bicyclic) bond motifs is 1. The summed E-state index contributed by atoms with van der Waals surface area (Å²) in [5, 5.41) is 18.2. The normalized spacial score (nSPS) is 15.6. The van der Waals surface area contributed by atoms with E-state index in [-0.39, 0.29) is 5.56 Å². The van der Waals surface area contributed by atoms with Crippen LogP contribution in [0.1, 0.15) is 11.7 Å². The van der Waals surface area contributed by atoms with Crippen molar-refractivity contribution in [2.45, 2.75) is 6.10 Å². The fourth-order valence-corrected chi connectivity index (χ4v) is 2.10. The SMILES string of the molecule is O=C(O)C(O)c1ccc2c(c1Br)OCCO2. The zero-order chi connectivity index (χ0) is 11.7. The zero-order valence-corrected chi connectivity index (χ0v) is 9.73. The Morgan fingerprint density at radius 3 is 2.75 bits per heavy atom. The van der Waals surface area contributed by atoms with E-state index in [1.54, 1.807) is 6.07 Å². The molecule has 1 aromatic carbocycles. The molecule has 0 saturated carbocycles. The molecular formula is C10H9BrO5. The molecule has 2 rings (SSSR count). The Balaban J connectivity index is 2.45. The first-order valence-corrected chi connectivity index (χ1v) is 5.39. The summed E-state index contributed by atoms with van der Waals surface area (Å²) < 4.78 is 11.1. The van der Waals surface area contributed by atoms with E-state index in [9.17, 15) is 9.90 Å². The fraction of sp³-hybridized carbons (Fsp3) is 0.300. The van der Waals surface area contributed by atoms with Crippen molar-refractivity contribution >= 4 is 21.9 Å². The molecule has 0 aliphatic carbocycles. The van der Waals surface area contributed by atoms with Crippen molar-refractivity contribution in [2.75, 3.05) is 13.2 Å². The van der Waals surface area contributed by atoms with Crippen LogP contribution in [0.2, 0.25) is 0 Å². The molecule has 16 heavy (non-hydrogen) atoms. The first-order valence-electron chi connectivity index (χ1n) is 4.60. The minimum absolute atomic E-state index is 0.247. The average Bonchev–Trinajstić information content (AvgIpc) is 2.29. The van der Waals surface area contributed by atoms with E-state index in [0.29, 0.717) is 29.2 Å². The lowest BCUT2D eigenvalue weighted by atomic mass is 10.1. The third kappa shape index (κ3) is 1.85. The Bertz CT molecular complexity index is 431. The molecule has 6 heteroatoms. The Hall–Kier alpha value is -1.27. The number of carboxylic acids is 1. The maximum atomic E-state index is 10.7. The molecule has 0 aromatic heterocycles. The summed E-state index contributed by atoms with van der Waals surface area (Å²) >= 11 is 3.21. The van der Waals surface area contributed by atoms with Crippen LogP contribution in [0.15, 0.2) is 16.6 Å². The number of ether oxygens (including phenoxy) is 2. The summed E-state index contributed by atoms with van der Waals surface area (Å²) in [6.07, 6.45) is -1.58. The first kappa shape index (κ1) is 11.2. The number of aliphatic hydroxyl groups is 1. The molecule has 1 heterocycles. The van der Waals surface area contributed by atoms with Crippen LogP contribution in [0.4, 0.5) is 0 Å². The molecule has 0 bridgehead atoms. The van der Waals surface area contributed by atoms with Gasteiger partial charge in [0.15, 0.2) is 17.6 Å². The number of aliphatic hydroxyl groups excluding tert-OH is 1. The summed E-state index contributed by atoms with van der Waals surface area (Å²) in [7, 11) is 0. The summed E-state index contributed by atoms with van der Waals surface area (Å²) in [6.45, 7) is 0.860. The number of aliphatic carboxylic acids is 1. The van der Waals surface area contributed by atoms with E-state index in [1.165, 1.54) is 6.07 Å². The maximum absolute atomic E-state index is 10.7. The molecule has 0 saturated heterocycles. The van der Waals surface area contributed by atoms with Crippen LogP contribution in [-0.4, -0.2) is 29.4 Å². The van der Waals surface area contributed by atoms with Crippen molar-refractivity contribution in [3.05, 3.63) is 22.2 Å². The minimum atomic E-state index is -1.58. The molecular weight excluding hydrogens is 280 g/mol. The maximum Gasteiger partial charge on any atom is 0.337 e. The zero-order valence-electron chi connectivity index (χ0n) is 8.14. The molecule has 1 atom stereocenters. The quantitative estimate of drug-likeness (QED) is 0.859. The van der Waals surface area contributed by atoms with Gasteiger partial charge in [0.1, 0.15) is 13.2 Å². The summed E-state index contributed by atoms with van der Waals surface area (Å²) in [4.78, 5) is 10.7. The molecule has 1 unspecified atom stereocenters. The monoisotopic (exact) mass is 288 g/mol. The molecule has 0 fully saturated rings. The Morgan fingerprint density at radius 1 is 1.38 bits per heavy atom. The highest BCUT2D eigenvalue weighted by Gasteiger charge is 2.24. The highest BCUT2D eigenvalue weighted by atomic mass is 79.9. The molecule has 1 aliphatic heterocycles. The van der Waals surface area contributed by atoms with Crippen LogP contribution >= 0.6 is 15.9 Å². The highest BCUT2D eigenvalue weighted by Crippen LogP contribution is 2.41. The van der Waals surface area contributed by atoms with Crippen molar-refractivity contribution in [1.82, 2.24) is 0 Å². The van der Waals surface area contributed by atoms with Crippen molar-refractivity contribution in [1.29, 1.82) is 0 Å². The average molecular weight is 289 g/mol. The number of hydrogen-bond acceptors (Lipinski definition) is 4.